The summed E-state index contributed by atoms with van der Waals surface area (Å²) in [6.45, 7) is 3.87. The van der Waals surface area contributed by atoms with Crippen molar-refractivity contribution in [3.05, 3.63) is 94.5 Å². The number of aromatic carboxylic acids is 1. The lowest BCUT2D eigenvalue weighted by atomic mass is 10.1. The van der Waals surface area contributed by atoms with Gasteiger partial charge in [0, 0.05) is 13.1 Å². The van der Waals surface area contributed by atoms with E-state index < -0.39 is 5.97 Å². The maximum absolute atomic E-state index is 10.9. The van der Waals surface area contributed by atoms with E-state index in [4.69, 9.17) is 14.6 Å². The van der Waals surface area contributed by atoms with Crippen molar-refractivity contribution in [3.63, 3.8) is 0 Å². The van der Waals surface area contributed by atoms with Gasteiger partial charge in [-0.25, -0.2) is 4.79 Å². The van der Waals surface area contributed by atoms with Crippen LogP contribution in [0, 0.1) is 6.92 Å². The minimum absolute atomic E-state index is 0. The zero-order chi connectivity index (χ0) is 20.6. The van der Waals surface area contributed by atoms with Crippen LogP contribution in [0.2, 0.25) is 0 Å². The van der Waals surface area contributed by atoms with Crippen LogP contribution in [0.5, 0.6) is 11.5 Å². The second kappa shape index (κ2) is 11.2. The van der Waals surface area contributed by atoms with Gasteiger partial charge in [-0.1, -0.05) is 42.5 Å². The van der Waals surface area contributed by atoms with Crippen molar-refractivity contribution < 1.29 is 31.8 Å². The molecule has 0 radical (unpaired) electrons. The number of rotatable bonds is 9. The molecule has 30 heavy (non-hydrogen) atoms. The SMILES string of the molecule is COc1cc(CNCc2ccc(C(=O)O)cc2)ccc1OCc1ccccc1C.[Cl-]. The molecule has 0 fully saturated rings. The predicted molar refractivity (Wildman–Crippen MR) is 112 cm³/mol. The summed E-state index contributed by atoms with van der Waals surface area (Å²) in [5.41, 5.74) is 4.74. The van der Waals surface area contributed by atoms with E-state index in [0.717, 1.165) is 16.7 Å². The highest BCUT2D eigenvalue weighted by atomic mass is 35.5. The molecule has 0 heterocycles. The van der Waals surface area contributed by atoms with Gasteiger partial charge in [-0.2, -0.15) is 0 Å². The molecular weight excluding hydrogens is 402 g/mol. The topological polar surface area (TPSA) is 67.8 Å². The molecule has 3 aromatic carbocycles. The summed E-state index contributed by atoms with van der Waals surface area (Å²) >= 11 is 0. The second-order valence-electron chi connectivity index (χ2n) is 6.81. The van der Waals surface area contributed by atoms with Crippen LogP contribution in [0.3, 0.4) is 0 Å². The van der Waals surface area contributed by atoms with E-state index in [2.05, 4.69) is 24.4 Å². The van der Waals surface area contributed by atoms with Crippen LogP contribution >= 0.6 is 0 Å². The van der Waals surface area contributed by atoms with Gasteiger partial charge in [-0.3, -0.25) is 0 Å². The Balaban J connectivity index is 0.00000320. The van der Waals surface area contributed by atoms with Crippen LogP contribution in [-0.2, 0) is 19.7 Å². The van der Waals surface area contributed by atoms with Crippen molar-refractivity contribution in [2.45, 2.75) is 26.6 Å². The molecular formula is C24H25ClNO4-. The average Bonchev–Trinajstić information content (AvgIpc) is 2.74. The third kappa shape index (κ3) is 6.24. The molecule has 0 aromatic heterocycles. The number of benzene rings is 3. The minimum atomic E-state index is -0.915. The highest BCUT2D eigenvalue weighted by Crippen LogP contribution is 2.29. The predicted octanol–water partition coefficient (Wildman–Crippen LogP) is 1.57. The summed E-state index contributed by atoms with van der Waals surface area (Å²) in [5, 5.41) is 12.3. The fraction of sp³-hybridized carbons (Fsp3) is 0.208. The minimum Gasteiger partial charge on any atom is -1.00 e. The molecule has 0 unspecified atom stereocenters. The average molecular weight is 427 g/mol. The van der Waals surface area contributed by atoms with Crippen LogP contribution < -0.4 is 27.2 Å². The van der Waals surface area contributed by atoms with Gasteiger partial charge in [-0.15, -0.1) is 0 Å². The number of hydrogen-bond donors (Lipinski definition) is 2. The molecule has 0 aliphatic heterocycles. The van der Waals surface area contributed by atoms with Crippen LogP contribution in [0.1, 0.15) is 32.6 Å². The summed E-state index contributed by atoms with van der Waals surface area (Å²) in [7, 11) is 1.64. The molecule has 158 valence electrons. The van der Waals surface area contributed by atoms with Crippen LogP contribution in [0.25, 0.3) is 0 Å². The number of carboxylic acids is 1. The molecule has 6 heteroatoms. The fourth-order valence-corrected chi connectivity index (χ4v) is 2.99. The lowest BCUT2D eigenvalue weighted by molar-refractivity contribution is -0.0000220. The Hall–Kier alpha value is -3.02. The summed E-state index contributed by atoms with van der Waals surface area (Å²) in [5.74, 6) is 0.494. The first-order chi connectivity index (χ1) is 14.1. The Morgan fingerprint density at radius 2 is 1.60 bits per heavy atom. The number of nitrogens with one attached hydrogen (secondary N) is 1. The van der Waals surface area contributed by atoms with Crippen molar-refractivity contribution in [2.24, 2.45) is 0 Å². The van der Waals surface area contributed by atoms with Gasteiger partial charge in [0.1, 0.15) is 6.61 Å². The van der Waals surface area contributed by atoms with Gasteiger partial charge in [0.15, 0.2) is 11.5 Å². The smallest absolute Gasteiger partial charge is 0.335 e. The number of carboxylic acid groups (broad SMARTS) is 1. The number of carbonyl (C=O) groups is 1. The Kier molecular flexibility index (Phi) is 8.71. The molecule has 2 N–H and O–H groups in total. The van der Waals surface area contributed by atoms with Crippen molar-refractivity contribution in [1.29, 1.82) is 0 Å². The summed E-state index contributed by atoms with van der Waals surface area (Å²) in [4.78, 5) is 10.9. The molecule has 0 amide bonds. The van der Waals surface area contributed by atoms with Crippen LogP contribution in [0.15, 0.2) is 66.7 Å². The maximum Gasteiger partial charge on any atom is 0.335 e. The van der Waals surface area contributed by atoms with E-state index in [9.17, 15) is 4.79 Å². The lowest BCUT2D eigenvalue weighted by Gasteiger charge is -2.14. The molecule has 0 bridgehead atoms. The number of hydrogen-bond acceptors (Lipinski definition) is 4. The van der Waals surface area contributed by atoms with Crippen LogP contribution in [0.4, 0.5) is 0 Å². The quantitative estimate of drug-likeness (QED) is 0.543. The third-order valence-corrected chi connectivity index (χ3v) is 4.73. The molecule has 0 saturated carbocycles. The van der Waals surface area contributed by atoms with Gasteiger partial charge in [0.2, 0.25) is 0 Å². The molecule has 5 nitrogen and oxygen atoms in total. The number of ether oxygens (including phenoxy) is 2. The largest absolute Gasteiger partial charge is 1.00 e. The van der Waals surface area contributed by atoms with Crippen molar-refractivity contribution >= 4 is 5.97 Å². The fourth-order valence-electron chi connectivity index (χ4n) is 2.99. The Labute approximate surface area is 183 Å². The summed E-state index contributed by atoms with van der Waals surface area (Å²) in [6, 6.07) is 20.9. The highest BCUT2D eigenvalue weighted by Gasteiger charge is 2.08. The number of aryl methyl sites for hydroxylation is 1. The van der Waals surface area contributed by atoms with Crippen molar-refractivity contribution in [1.82, 2.24) is 5.32 Å². The summed E-state index contributed by atoms with van der Waals surface area (Å²) in [6.07, 6.45) is 0. The van der Waals surface area contributed by atoms with Crippen molar-refractivity contribution in [2.75, 3.05) is 7.11 Å². The van der Waals surface area contributed by atoms with Gasteiger partial charge in [-0.05, 0) is 53.4 Å². The van der Waals surface area contributed by atoms with Gasteiger partial charge in [0.05, 0.1) is 12.7 Å². The van der Waals surface area contributed by atoms with Gasteiger partial charge < -0.3 is 32.3 Å². The number of methoxy groups -OCH3 is 1. The summed E-state index contributed by atoms with van der Waals surface area (Å²) < 4.78 is 11.5. The molecule has 0 atom stereocenters. The van der Waals surface area contributed by atoms with E-state index in [1.54, 1.807) is 19.2 Å². The first-order valence-electron chi connectivity index (χ1n) is 9.44. The highest BCUT2D eigenvalue weighted by molar-refractivity contribution is 5.87. The van der Waals surface area contributed by atoms with Gasteiger partial charge >= 0.3 is 5.97 Å². The van der Waals surface area contributed by atoms with Crippen LogP contribution in [-0.4, -0.2) is 18.2 Å². The molecule has 3 aromatic rings. The van der Waals surface area contributed by atoms with E-state index >= 15 is 0 Å². The van der Waals surface area contributed by atoms with E-state index in [-0.39, 0.29) is 12.4 Å². The van der Waals surface area contributed by atoms with Gasteiger partial charge in [0.25, 0.3) is 0 Å². The van der Waals surface area contributed by atoms with E-state index in [1.807, 2.05) is 42.5 Å². The molecule has 0 aliphatic rings. The van der Waals surface area contributed by atoms with E-state index in [0.29, 0.717) is 36.8 Å². The maximum atomic E-state index is 10.9. The Morgan fingerprint density at radius 3 is 2.27 bits per heavy atom. The Morgan fingerprint density at radius 1 is 0.933 bits per heavy atom. The van der Waals surface area contributed by atoms with Crippen molar-refractivity contribution in [3.8, 4) is 11.5 Å². The monoisotopic (exact) mass is 426 g/mol. The first kappa shape index (κ1) is 23.3. The number of halogens is 1. The molecule has 0 spiro atoms. The first-order valence-corrected chi connectivity index (χ1v) is 9.44. The van der Waals surface area contributed by atoms with E-state index in [1.165, 1.54) is 5.56 Å². The zero-order valence-corrected chi connectivity index (χ0v) is 17.8. The second-order valence-corrected chi connectivity index (χ2v) is 6.81. The lowest BCUT2D eigenvalue weighted by Crippen LogP contribution is -3.00. The molecule has 3 rings (SSSR count). The zero-order valence-electron chi connectivity index (χ0n) is 17.0. The normalized spacial score (nSPS) is 10.2. The third-order valence-electron chi connectivity index (χ3n) is 4.73. The Bertz CT molecular complexity index is 973. The molecule has 0 aliphatic carbocycles. The molecule has 0 saturated heterocycles. The standard InChI is InChI=1S/C24H25NO4.ClH/c1-17-5-3-4-6-21(17)16-29-22-12-9-19(13-23(22)28-2)15-25-14-18-7-10-20(11-8-18)24(26)27;/h3-13,25H,14-16H2,1-2H3,(H,26,27);1H/p-1.